The number of nitrogens with zero attached hydrogens (tertiary/aromatic N) is 1. The maximum Gasteiger partial charge on any atom is 0.408 e. The highest BCUT2D eigenvalue weighted by Crippen LogP contribution is 2.35. The molecule has 1 fully saturated rings. The van der Waals surface area contributed by atoms with Gasteiger partial charge in [0.05, 0.1) is 13.7 Å². The lowest BCUT2D eigenvalue weighted by Crippen LogP contribution is -2.58. The molecule has 0 heterocycles. The summed E-state index contributed by atoms with van der Waals surface area (Å²) in [5.41, 5.74) is 0.173. The van der Waals surface area contributed by atoms with E-state index in [2.05, 4.69) is 10.6 Å². The minimum absolute atomic E-state index is 0.0133. The van der Waals surface area contributed by atoms with E-state index < -0.39 is 42.2 Å². The number of rotatable bonds is 9. The van der Waals surface area contributed by atoms with Gasteiger partial charge in [0, 0.05) is 11.7 Å². The fourth-order valence-electron chi connectivity index (χ4n) is 3.98. The first-order valence-corrected chi connectivity index (χ1v) is 12.2. The Morgan fingerprint density at radius 1 is 1.05 bits per heavy atom. The van der Waals surface area contributed by atoms with Gasteiger partial charge in [-0.25, -0.2) is 4.79 Å². The van der Waals surface area contributed by atoms with E-state index in [9.17, 15) is 24.6 Å². The van der Waals surface area contributed by atoms with E-state index in [1.54, 1.807) is 64.3 Å². The standard InChI is InChI=1S/C27H35N3O7/c1-27(2,3)37-26(35)29-22(16-31)25(34)30(19-6-5-7-19)23(17-8-12-20(32)13-9-17)24(33)28-18-10-14-21(36-4)15-11-18/h8-15,19,22-23,31-32H,5-7,16H2,1-4H3,(H,28,33)(H,29,35). The van der Waals surface area contributed by atoms with Crippen molar-refractivity contribution < 1.29 is 34.1 Å². The molecule has 1 aliphatic carbocycles. The number of amides is 3. The van der Waals surface area contributed by atoms with Crippen molar-refractivity contribution in [3.8, 4) is 11.5 Å². The van der Waals surface area contributed by atoms with E-state index in [0.29, 0.717) is 29.8 Å². The number of anilines is 1. The van der Waals surface area contributed by atoms with Crippen LogP contribution in [-0.4, -0.2) is 64.4 Å². The molecule has 0 spiro atoms. The Bertz CT molecular complexity index is 1080. The maximum absolute atomic E-state index is 13.8. The molecule has 10 heteroatoms. The SMILES string of the molecule is COc1ccc(NC(=O)C(c2ccc(O)cc2)N(C(=O)C(CO)NC(=O)OC(C)(C)C)C2CCC2)cc1. The lowest BCUT2D eigenvalue weighted by molar-refractivity contribution is -0.146. The first kappa shape index (κ1) is 27.8. The minimum atomic E-state index is -1.32. The largest absolute Gasteiger partial charge is 0.508 e. The number of hydrogen-bond donors (Lipinski definition) is 4. The number of methoxy groups -OCH3 is 1. The summed E-state index contributed by atoms with van der Waals surface area (Å²) in [6.07, 6.45) is 1.36. The van der Waals surface area contributed by atoms with E-state index in [0.717, 1.165) is 6.42 Å². The van der Waals surface area contributed by atoms with Crippen LogP contribution in [0.1, 0.15) is 51.6 Å². The summed E-state index contributed by atoms with van der Waals surface area (Å²) in [7, 11) is 1.54. The van der Waals surface area contributed by atoms with Gasteiger partial charge in [0.1, 0.15) is 29.2 Å². The predicted molar refractivity (Wildman–Crippen MR) is 137 cm³/mol. The van der Waals surface area contributed by atoms with Crippen molar-refractivity contribution in [3.05, 3.63) is 54.1 Å². The summed E-state index contributed by atoms with van der Waals surface area (Å²) in [4.78, 5) is 41.3. The zero-order valence-corrected chi connectivity index (χ0v) is 21.6. The molecule has 10 nitrogen and oxygen atoms in total. The Hall–Kier alpha value is -3.79. The molecule has 0 saturated heterocycles. The molecular weight excluding hydrogens is 478 g/mol. The number of alkyl carbamates (subject to hydrolysis) is 1. The molecule has 0 bridgehead atoms. The number of phenols is 1. The molecule has 0 aliphatic heterocycles. The van der Waals surface area contributed by atoms with Gasteiger partial charge in [-0.2, -0.15) is 0 Å². The van der Waals surface area contributed by atoms with Crippen LogP contribution in [0.3, 0.4) is 0 Å². The first-order valence-electron chi connectivity index (χ1n) is 12.2. The third-order valence-electron chi connectivity index (χ3n) is 5.99. The summed E-state index contributed by atoms with van der Waals surface area (Å²) >= 11 is 0. The number of hydrogen-bond acceptors (Lipinski definition) is 7. The number of ether oxygens (including phenoxy) is 2. The van der Waals surface area contributed by atoms with Crippen molar-refractivity contribution in [1.82, 2.24) is 10.2 Å². The van der Waals surface area contributed by atoms with Gasteiger partial charge in [0.15, 0.2) is 0 Å². The summed E-state index contributed by atoms with van der Waals surface area (Å²) in [6.45, 7) is 4.39. The average molecular weight is 514 g/mol. The fraction of sp³-hybridized carbons (Fsp3) is 0.444. The lowest BCUT2D eigenvalue weighted by atomic mass is 9.88. The number of carbonyl (C=O) groups is 3. The molecule has 3 rings (SSSR count). The number of nitrogens with one attached hydrogen (secondary N) is 2. The molecule has 37 heavy (non-hydrogen) atoms. The molecule has 0 aromatic heterocycles. The second-order valence-electron chi connectivity index (χ2n) is 9.92. The van der Waals surface area contributed by atoms with Gasteiger partial charge in [-0.05, 0) is 82.0 Å². The minimum Gasteiger partial charge on any atom is -0.508 e. The van der Waals surface area contributed by atoms with E-state index in [1.165, 1.54) is 17.0 Å². The van der Waals surface area contributed by atoms with E-state index in [1.807, 2.05) is 0 Å². The Morgan fingerprint density at radius 3 is 2.16 bits per heavy atom. The highest BCUT2D eigenvalue weighted by molar-refractivity contribution is 5.99. The molecule has 1 aliphatic rings. The molecule has 2 atom stereocenters. The van der Waals surface area contributed by atoms with Crippen molar-refractivity contribution in [2.45, 2.75) is 63.8 Å². The number of phenolic OH excluding ortho intramolecular Hbond substituents is 1. The molecule has 0 radical (unpaired) electrons. The Kier molecular flexibility index (Phi) is 8.99. The van der Waals surface area contributed by atoms with Crippen molar-refractivity contribution in [2.75, 3.05) is 19.0 Å². The lowest BCUT2D eigenvalue weighted by Gasteiger charge is -2.43. The van der Waals surface area contributed by atoms with Crippen LogP contribution in [0, 0.1) is 0 Å². The van der Waals surface area contributed by atoms with Crippen LogP contribution < -0.4 is 15.4 Å². The highest BCUT2D eigenvalue weighted by Gasteiger charge is 2.42. The molecule has 2 unspecified atom stereocenters. The monoisotopic (exact) mass is 513 g/mol. The number of benzene rings is 2. The number of aliphatic hydroxyl groups is 1. The van der Waals surface area contributed by atoms with Crippen molar-refractivity contribution in [1.29, 1.82) is 0 Å². The van der Waals surface area contributed by atoms with Crippen LogP contribution in [0.25, 0.3) is 0 Å². The number of carbonyl (C=O) groups excluding carboxylic acids is 3. The highest BCUT2D eigenvalue weighted by atomic mass is 16.6. The summed E-state index contributed by atoms with van der Waals surface area (Å²) in [5, 5.41) is 25.1. The molecule has 2 aromatic carbocycles. The van der Waals surface area contributed by atoms with Crippen LogP contribution in [0.2, 0.25) is 0 Å². The van der Waals surface area contributed by atoms with Gasteiger partial charge in [0.25, 0.3) is 5.91 Å². The summed E-state index contributed by atoms with van der Waals surface area (Å²) in [6, 6.07) is 10.1. The van der Waals surface area contributed by atoms with Gasteiger partial charge in [-0.3, -0.25) is 9.59 Å². The van der Waals surface area contributed by atoms with Crippen LogP contribution in [0.5, 0.6) is 11.5 Å². The van der Waals surface area contributed by atoms with Gasteiger partial charge in [0.2, 0.25) is 5.91 Å². The summed E-state index contributed by atoms with van der Waals surface area (Å²) < 4.78 is 10.4. The van der Waals surface area contributed by atoms with Crippen LogP contribution >= 0.6 is 0 Å². The topological polar surface area (TPSA) is 137 Å². The average Bonchev–Trinajstić information content (AvgIpc) is 2.81. The van der Waals surface area contributed by atoms with Crippen LogP contribution in [0.15, 0.2) is 48.5 Å². The first-order chi connectivity index (χ1) is 17.5. The van der Waals surface area contributed by atoms with Crippen LogP contribution in [-0.2, 0) is 14.3 Å². The van der Waals surface area contributed by atoms with E-state index in [4.69, 9.17) is 9.47 Å². The Balaban J connectivity index is 1.95. The van der Waals surface area contributed by atoms with Gasteiger partial charge in [-0.1, -0.05) is 12.1 Å². The third-order valence-corrected chi connectivity index (χ3v) is 5.99. The Morgan fingerprint density at radius 2 is 1.68 bits per heavy atom. The van der Waals surface area contributed by atoms with Gasteiger partial charge >= 0.3 is 6.09 Å². The Labute approximate surface area is 216 Å². The molecule has 2 aromatic rings. The zero-order valence-electron chi connectivity index (χ0n) is 21.6. The second kappa shape index (κ2) is 12.0. The van der Waals surface area contributed by atoms with E-state index >= 15 is 0 Å². The van der Waals surface area contributed by atoms with Crippen molar-refractivity contribution >= 4 is 23.6 Å². The number of aromatic hydroxyl groups is 1. The molecule has 200 valence electrons. The molecule has 4 N–H and O–H groups in total. The van der Waals surface area contributed by atoms with Crippen LogP contribution in [0.4, 0.5) is 10.5 Å². The normalized spacial score (nSPS) is 15.1. The maximum atomic E-state index is 13.8. The summed E-state index contributed by atoms with van der Waals surface area (Å²) in [5.74, 6) is -0.455. The van der Waals surface area contributed by atoms with Crippen molar-refractivity contribution in [3.63, 3.8) is 0 Å². The van der Waals surface area contributed by atoms with E-state index in [-0.39, 0.29) is 11.8 Å². The van der Waals surface area contributed by atoms with Gasteiger partial charge in [-0.15, -0.1) is 0 Å². The zero-order chi connectivity index (χ0) is 27.2. The second-order valence-corrected chi connectivity index (χ2v) is 9.92. The third kappa shape index (κ3) is 7.36. The fourth-order valence-corrected chi connectivity index (χ4v) is 3.98. The number of aliphatic hydroxyl groups excluding tert-OH is 1. The van der Waals surface area contributed by atoms with Crippen molar-refractivity contribution in [2.24, 2.45) is 0 Å². The molecular formula is C27H35N3O7. The van der Waals surface area contributed by atoms with Gasteiger partial charge < -0.3 is 35.2 Å². The molecule has 3 amide bonds. The quantitative estimate of drug-likeness (QED) is 0.403. The predicted octanol–water partition coefficient (Wildman–Crippen LogP) is 3.35. The molecule has 1 saturated carbocycles. The smallest absolute Gasteiger partial charge is 0.408 e.